The summed E-state index contributed by atoms with van der Waals surface area (Å²) in [5, 5.41) is 16.8. The number of pyridine rings is 1. The van der Waals surface area contributed by atoms with Gasteiger partial charge in [0.1, 0.15) is 12.1 Å². The highest BCUT2D eigenvalue weighted by Crippen LogP contribution is 2.35. The van der Waals surface area contributed by atoms with Crippen molar-refractivity contribution in [1.29, 1.82) is 0 Å². The van der Waals surface area contributed by atoms with E-state index in [9.17, 15) is 4.79 Å². The molecular weight excluding hydrogens is 464 g/mol. The van der Waals surface area contributed by atoms with Crippen molar-refractivity contribution in [3.05, 3.63) is 99.6 Å². The summed E-state index contributed by atoms with van der Waals surface area (Å²) in [5.41, 5.74) is 6.80. The molecule has 6 rings (SSSR count). The van der Waals surface area contributed by atoms with Crippen LogP contribution in [0.4, 0.5) is 5.82 Å². The van der Waals surface area contributed by atoms with Gasteiger partial charge in [0.25, 0.3) is 5.56 Å². The number of aromatic amines is 1. The number of benzene rings is 1. The highest BCUT2D eigenvalue weighted by molar-refractivity contribution is 5.85. The number of rotatable bonds is 7. The molecule has 1 aromatic carbocycles. The van der Waals surface area contributed by atoms with Crippen LogP contribution in [0, 0.1) is 5.41 Å². The number of fused-ring (bicyclic) bond motifs is 2. The van der Waals surface area contributed by atoms with Gasteiger partial charge in [-0.15, -0.1) is 0 Å². The third-order valence-electron chi connectivity index (χ3n) is 7.15. The van der Waals surface area contributed by atoms with E-state index in [1.165, 1.54) is 17.7 Å². The topological polar surface area (TPSA) is 106 Å². The molecule has 2 N–H and O–H groups in total. The first-order valence-electron chi connectivity index (χ1n) is 12.6. The largest absolute Gasteiger partial charge is 0.364 e. The SMILES string of the molecule is CC1(C)CCc2[nH]nc(CNc3ncnc4nn(Cc5ccc(Cn6ccccc6=O)cc5)cc34)c2C1. The zero-order chi connectivity index (χ0) is 25.4. The summed E-state index contributed by atoms with van der Waals surface area (Å²) >= 11 is 0. The fraction of sp³-hybridized carbons (Fsp3) is 0.321. The maximum Gasteiger partial charge on any atom is 0.250 e. The standard InChI is InChI=1S/C28H30N8O/c1-28(2)11-10-23-21(13-28)24(33-32-23)14-29-26-22-17-36(34-27(22)31-18-30-26)16-20-8-6-19(7-9-20)15-35-12-4-3-5-25(35)37/h3-9,12,17-18H,10-11,13-16H2,1-2H3,(H,32,33)(H,29,30,31,34). The minimum absolute atomic E-state index is 0.00339. The molecule has 0 atom stereocenters. The number of H-pyrrole nitrogens is 1. The van der Waals surface area contributed by atoms with Crippen molar-refractivity contribution in [3.8, 4) is 0 Å². The number of nitrogens with one attached hydrogen (secondary N) is 2. The van der Waals surface area contributed by atoms with E-state index in [0.717, 1.165) is 40.9 Å². The lowest BCUT2D eigenvalue weighted by molar-refractivity contribution is 0.313. The van der Waals surface area contributed by atoms with Gasteiger partial charge in [0.2, 0.25) is 0 Å². The molecule has 0 radical (unpaired) electrons. The van der Waals surface area contributed by atoms with Crippen LogP contribution < -0.4 is 10.9 Å². The van der Waals surface area contributed by atoms with E-state index in [1.54, 1.807) is 29.2 Å². The van der Waals surface area contributed by atoms with Crippen LogP contribution >= 0.6 is 0 Å². The fourth-order valence-corrected chi connectivity index (χ4v) is 5.03. The van der Waals surface area contributed by atoms with Crippen LogP contribution in [0.25, 0.3) is 11.0 Å². The maximum atomic E-state index is 12.0. The van der Waals surface area contributed by atoms with Crippen molar-refractivity contribution in [2.45, 2.75) is 52.7 Å². The van der Waals surface area contributed by atoms with E-state index < -0.39 is 0 Å². The number of anilines is 1. The molecule has 0 saturated heterocycles. The van der Waals surface area contributed by atoms with Gasteiger partial charge in [-0.2, -0.15) is 10.2 Å². The molecular formula is C28H30N8O. The summed E-state index contributed by atoms with van der Waals surface area (Å²) in [7, 11) is 0. The van der Waals surface area contributed by atoms with Crippen molar-refractivity contribution in [2.75, 3.05) is 5.32 Å². The Morgan fingerprint density at radius 2 is 1.86 bits per heavy atom. The van der Waals surface area contributed by atoms with E-state index in [1.807, 2.05) is 16.9 Å². The smallest absolute Gasteiger partial charge is 0.250 e. The van der Waals surface area contributed by atoms with Crippen LogP contribution in [0.2, 0.25) is 0 Å². The fourth-order valence-electron chi connectivity index (χ4n) is 5.03. The van der Waals surface area contributed by atoms with Gasteiger partial charge in [-0.1, -0.05) is 44.2 Å². The summed E-state index contributed by atoms with van der Waals surface area (Å²) in [6.07, 6.45) is 8.60. The maximum absolute atomic E-state index is 12.0. The van der Waals surface area contributed by atoms with Crippen molar-refractivity contribution >= 4 is 16.9 Å². The number of aryl methyl sites for hydroxylation is 1. The lowest BCUT2D eigenvalue weighted by atomic mass is 9.76. The average Bonchev–Trinajstić information content (AvgIpc) is 3.48. The Kier molecular flexibility index (Phi) is 5.82. The number of hydrogen-bond donors (Lipinski definition) is 2. The van der Waals surface area contributed by atoms with E-state index in [-0.39, 0.29) is 5.56 Å². The molecule has 0 spiro atoms. The van der Waals surface area contributed by atoms with E-state index >= 15 is 0 Å². The van der Waals surface area contributed by atoms with Crippen LogP contribution in [-0.4, -0.2) is 34.5 Å². The number of hydrogen-bond acceptors (Lipinski definition) is 6. The second-order valence-electron chi connectivity index (χ2n) is 10.6. The Hall–Kier alpha value is -4.27. The zero-order valence-electron chi connectivity index (χ0n) is 21.1. The normalized spacial score (nSPS) is 14.5. The van der Waals surface area contributed by atoms with Gasteiger partial charge in [0.15, 0.2) is 5.65 Å². The lowest BCUT2D eigenvalue weighted by Gasteiger charge is -2.29. The van der Waals surface area contributed by atoms with Crippen LogP contribution in [0.5, 0.6) is 0 Å². The Morgan fingerprint density at radius 1 is 1.05 bits per heavy atom. The predicted molar refractivity (Wildman–Crippen MR) is 142 cm³/mol. The first-order chi connectivity index (χ1) is 17.9. The molecule has 0 bridgehead atoms. The van der Waals surface area contributed by atoms with Crippen molar-refractivity contribution < 1.29 is 0 Å². The van der Waals surface area contributed by atoms with E-state index in [4.69, 9.17) is 0 Å². The summed E-state index contributed by atoms with van der Waals surface area (Å²) in [6.45, 7) is 6.41. The zero-order valence-corrected chi connectivity index (χ0v) is 21.1. The lowest BCUT2D eigenvalue weighted by Crippen LogP contribution is -2.22. The third-order valence-corrected chi connectivity index (χ3v) is 7.15. The Balaban J connectivity index is 1.16. The van der Waals surface area contributed by atoms with Crippen molar-refractivity contribution in [3.63, 3.8) is 0 Å². The molecule has 0 saturated carbocycles. The number of aromatic nitrogens is 7. The Labute approximate surface area is 214 Å². The molecule has 5 aromatic rings. The van der Waals surface area contributed by atoms with Crippen LogP contribution in [0.1, 0.15) is 48.3 Å². The van der Waals surface area contributed by atoms with E-state index in [0.29, 0.717) is 30.7 Å². The molecule has 188 valence electrons. The van der Waals surface area contributed by atoms with E-state index in [2.05, 4.69) is 68.7 Å². The van der Waals surface area contributed by atoms with Crippen LogP contribution in [-0.2, 0) is 32.5 Å². The molecule has 0 fully saturated rings. The molecule has 4 heterocycles. The predicted octanol–water partition coefficient (Wildman–Crippen LogP) is 3.93. The molecule has 0 aliphatic heterocycles. The molecule has 0 amide bonds. The van der Waals surface area contributed by atoms with Gasteiger partial charge in [-0.3, -0.25) is 14.6 Å². The molecule has 0 unspecified atom stereocenters. The Bertz CT molecular complexity index is 1610. The third kappa shape index (κ3) is 4.89. The quantitative estimate of drug-likeness (QED) is 0.355. The van der Waals surface area contributed by atoms with Crippen molar-refractivity contribution in [2.24, 2.45) is 5.41 Å². The summed E-state index contributed by atoms with van der Waals surface area (Å²) < 4.78 is 3.59. The second kappa shape index (κ2) is 9.31. The van der Waals surface area contributed by atoms with Crippen LogP contribution in [0.15, 0.2) is 66.0 Å². The van der Waals surface area contributed by atoms with Crippen molar-refractivity contribution in [1.82, 2.24) is 34.5 Å². The van der Waals surface area contributed by atoms with Gasteiger partial charge in [-0.05, 0) is 47.4 Å². The molecule has 1 aliphatic carbocycles. The first-order valence-corrected chi connectivity index (χ1v) is 12.6. The van der Waals surface area contributed by atoms with Gasteiger partial charge >= 0.3 is 0 Å². The molecule has 37 heavy (non-hydrogen) atoms. The van der Waals surface area contributed by atoms with Gasteiger partial charge in [0, 0.05) is 24.2 Å². The number of nitrogens with zero attached hydrogens (tertiary/aromatic N) is 6. The molecule has 1 aliphatic rings. The van der Waals surface area contributed by atoms with Gasteiger partial charge in [-0.25, -0.2) is 9.97 Å². The highest BCUT2D eigenvalue weighted by atomic mass is 16.1. The second-order valence-corrected chi connectivity index (χ2v) is 10.6. The minimum atomic E-state index is -0.00339. The average molecular weight is 495 g/mol. The Morgan fingerprint density at radius 3 is 2.68 bits per heavy atom. The highest BCUT2D eigenvalue weighted by Gasteiger charge is 2.28. The summed E-state index contributed by atoms with van der Waals surface area (Å²) in [4.78, 5) is 20.8. The summed E-state index contributed by atoms with van der Waals surface area (Å²) in [5.74, 6) is 0.756. The minimum Gasteiger partial charge on any atom is -0.364 e. The van der Waals surface area contributed by atoms with Gasteiger partial charge in [0.05, 0.1) is 30.7 Å². The van der Waals surface area contributed by atoms with Gasteiger partial charge < -0.3 is 9.88 Å². The monoisotopic (exact) mass is 494 g/mol. The first kappa shape index (κ1) is 23.1. The summed E-state index contributed by atoms with van der Waals surface area (Å²) in [6, 6.07) is 13.4. The molecule has 9 heteroatoms. The molecule has 9 nitrogen and oxygen atoms in total. The molecule has 4 aromatic heterocycles. The van der Waals surface area contributed by atoms with Crippen LogP contribution in [0.3, 0.4) is 0 Å².